The SMILES string of the molecule is CC(CO)[C@H]1CC[C@H]2[C@@H]3CCC4=CC(=O)C=C(O)[C@]4(C)[C@H]3CC[C@]12C. The topological polar surface area (TPSA) is 57.5 Å². The third kappa shape index (κ3) is 2.24. The molecule has 25 heavy (non-hydrogen) atoms. The van der Waals surface area contributed by atoms with Gasteiger partial charge in [0.05, 0.1) is 0 Å². The van der Waals surface area contributed by atoms with E-state index >= 15 is 0 Å². The number of hydrogen-bond donors (Lipinski definition) is 2. The number of hydrogen-bond acceptors (Lipinski definition) is 3. The maximum absolute atomic E-state index is 11.9. The average Bonchev–Trinajstić information content (AvgIpc) is 2.93. The van der Waals surface area contributed by atoms with Gasteiger partial charge < -0.3 is 10.2 Å². The molecule has 1 unspecified atom stereocenters. The smallest absolute Gasteiger partial charge is 0.181 e. The van der Waals surface area contributed by atoms with Crippen LogP contribution < -0.4 is 0 Å². The molecule has 0 aromatic rings. The van der Waals surface area contributed by atoms with Crippen LogP contribution in [0, 0.1) is 40.4 Å². The largest absolute Gasteiger partial charge is 0.511 e. The summed E-state index contributed by atoms with van der Waals surface area (Å²) in [4.78, 5) is 11.9. The molecule has 3 nitrogen and oxygen atoms in total. The van der Waals surface area contributed by atoms with E-state index in [9.17, 15) is 15.0 Å². The molecule has 0 aliphatic heterocycles. The summed E-state index contributed by atoms with van der Waals surface area (Å²) in [5.74, 6) is 2.99. The molecule has 2 N–H and O–H groups in total. The minimum Gasteiger partial charge on any atom is -0.511 e. The molecule has 0 saturated heterocycles. The zero-order chi connectivity index (χ0) is 18.0. The monoisotopic (exact) mass is 344 g/mol. The van der Waals surface area contributed by atoms with Crippen molar-refractivity contribution < 1.29 is 15.0 Å². The van der Waals surface area contributed by atoms with Crippen molar-refractivity contribution in [1.82, 2.24) is 0 Å². The van der Waals surface area contributed by atoms with E-state index in [1.54, 1.807) is 6.08 Å². The Kier molecular flexibility index (Phi) is 3.95. The minimum absolute atomic E-state index is 0.0539. The van der Waals surface area contributed by atoms with Crippen molar-refractivity contribution >= 4 is 5.78 Å². The summed E-state index contributed by atoms with van der Waals surface area (Å²) in [6, 6.07) is 0. The predicted octanol–water partition coefficient (Wildman–Crippen LogP) is 4.42. The highest BCUT2D eigenvalue weighted by Crippen LogP contribution is 2.67. The summed E-state index contributed by atoms with van der Waals surface area (Å²) in [5, 5.41) is 20.4. The van der Waals surface area contributed by atoms with Gasteiger partial charge in [0, 0.05) is 18.1 Å². The standard InChI is InChI=1S/C22H32O3/c1-13(12-23)17-6-7-18-16-5-4-14-10-15(24)11-20(25)22(14,3)19(16)8-9-21(17,18)2/h10-11,13,16-19,23,25H,4-9,12H2,1-3H3/t13?,16-,17+,18-,19-,21+,22-/m0/s1. The van der Waals surface area contributed by atoms with Gasteiger partial charge >= 0.3 is 0 Å². The van der Waals surface area contributed by atoms with Gasteiger partial charge in [-0.1, -0.05) is 19.4 Å². The first-order chi connectivity index (χ1) is 11.8. The summed E-state index contributed by atoms with van der Waals surface area (Å²) in [6.07, 6.45) is 10.1. The van der Waals surface area contributed by atoms with Crippen LogP contribution in [0.3, 0.4) is 0 Å². The number of rotatable bonds is 2. The fourth-order valence-corrected chi connectivity index (χ4v) is 7.40. The van der Waals surface area contributed by atoms with Gasteiger partial charge in [-0.3, -0.25) is 4.79 Å². The zero-order valence-corrected chi connectivity index (χ0v) is 15.8. The Hall–Kier alpha value is -1.09. The molecule has 4 rings (SSSR count). The minimum atomic E-state index is -0.334. The second-order valence-electron chi connectivity index (χ2n) is 9.61. The predicted molar refractivity (Wildman–Crippen MR) is 97.9 cm³/mol. The molecule has 0 aromatic heterocycles. The first kappa shape index (κ1) is 17.3. The fraction of sp³-hybridized carbons (Fsp3) is 0.773. The lowest BCUT2D eigenvalue weighted by Gasteiger charge is -2.57. The van der Waals surface area contributed by atoms with Crippen molar-refractivity contribution in [3.8, 4) is 0 Å². The third-order valence-corrected chi connectivity index (χ3v) is 8.77. The lowest BCUT2D eigenvalue weighted by atomic mass is 9.47. The van der Waals surface area contributed by atoms with Gasteiger partial charge in [-0.05, 0) is 86.5 Å². The first-order valence-electron chi connectivity index (χ1n) is 10.1. The molecular weight excluding hydrogens is 312 g/mol. The van der Waals surface area contributed by atoms with Crippen LogP contribution in [0.4, 0.5) is 0 Å². The Bertz CT molecular complexity index is 648. The van der Waals surface area contributed by atoms with Crippen molar-refractivity contribution in [2.75, 3.05) is 6.61 Å². The lowest BCUT2D eigenvalue weighted by molar-refractivity contribution is -0.111. The molecule has 0 bridgehead atoms. The number of carbonyl (C=O) groups is 1. The van der Waals surface area contributed by atoms with Gasteiger partial charge in [0.25, 0.3) is 0 Å². The van der Waals surface area contributed by atoms with Crippen LogP contribution in [-0.4, -0.2) is 22.6 Å². The maximum atomic E-state index is 11.9. The molecule has 0 aromatic carbocycles. The first-order valence-corrected chi connectivity index (χ1v) is 10.1. The number of fused-ring (bicyclic) bond motifs is 5. The number of aliphatic hydroxyl groups is 2. The summed E-state index contributed by atoms with van der Waals surface area (Å²) in [6.45, 7) is 7.12. The Labute approximate surface area is 151 Å². The van der Waals surface area contributed by atoms with Gasteiger partial charge in [0.15, 0.2) is 5.78 Å². The van der Waals surface area contributed by atoms with Gasteiger partial charge in [0.2, 0.25) is 0 Å². The summed E-state index contributed by atoms with van der Waals surface area (Å²) < 4.78 is 0. The maximum Gasteiger partial charge on any atom is 0.181 e. The normalized spacial score (nSPS) is 47.3. The number of allylic oxidation sites excluding steroid dienone is 3. The van der Waals surface area contributed by atoms with Crippen molar-refractivity contribution in [2.45, 2.75) is 59.3 Å². The second-order valence-corrected chi connectivity index (χ2v) is 9.61. The highest BCUT2D eigenvalue weighted by Gasteiger charge is 2.60. The van der Waals surface area contributed by atoms with Crippen molar-refractivity contribution in [3.05, 3.63) is 23.5 Å². The lowest BCUT2D eigenvalue weighted by Crippen LogP contribution is -2.51. The van der Waals surface area contributed by atoms with E-state index in [-0.39, 0.29) is 17.8 Å². The Morgan fingerprint density at radius 3 is 2.64 bits per heavy atom. The number of carbonyl (C=O) groups excluding carboxylic acids is 1. The third-order valence-electron chi connectivity index (χ3n) is 8.77. The van der Waals surface area contributed by atoms with Gasteiger partial charge in [-0.15, -0.1) is 0 Å². The van der Waals surface area contributed by atoms with Crippen molar-refractivity contribution in [3.63, 3.8) is 0 Å². The Morgan fingerprint density at radius 2 is 1.92 bits per heavy atom. The Balaban J connectivity index is 1.68. The van der Waals surface area contributed by atoms with Gasteiger partial charge in [0.1, 0.15) is 5.76 Å². The molecule has 0 spiro atoms. The summed E-state index contributed by atoms with van der Waals surface area (Å²) >= 11 is 0. The van der Waals surface area contributed by atoms with Crippen LogP contribution >= 0.6 is 0 Å². The van der Waals surface area contributed by atoms with Crippen LogP contribution in [0.1, 0.15) is 59.3 Å². The molecule has 3 saturated carbocycles. The molecule has 0 amide bonds. The number of aliphatic hydroxyl groups excluding tert-OH is 2. The average molecular weight is 344 g/mol. The van der Waals surface area contributed by atoms with Crippen molar-refractivity contribution in [1.29, 1.82) is 0 Å². The van der Waals surface area contributed by atoms with E-state index in [2.05, 4.69) is 20.8 Å². The second kappa shape index (κ2) is 5.70. The van der Waals surface area contributed by atoms with E-state index < -0.39 is 0 Å². The molecule has 4 aliphatic rings. The molecular formula is C22H32O3. The van der Waals surface area contributed by atoms with Crippen LogP contribution in [0.15, 0.2) is 23.5 Å². The van der Waals surface area contributed by atoms with Crippen LogP contribution in [0.5, 0.6) is 0 Å². The molecule has 7 atom stereocenters. The summed E-state index contributed by atoms with van der Waals surface area (Å²) in [7, 11) is 0. The van der Waals surface area contributed by atoms with E-state index in [0.717, 1.165) is 24.8 Å². The number of ketones is 1. The van der Waals surface area contributed by atoms with Crippen LogP contribution in [0.2, 0.25) is 0 Å². The van der Waals surface area contributed by atoms with E-state index in [4.69, 9.17) is 0 Å². The quantitative estimate of drug-likeness (QED) is 0.779. The Morgan fingerprint density at radius 1 is 1.16 bits per heavy atom. The fourth-order valence-electron chi connectivity index (χ4n) is 7.40. The van der Waals surface area contributed by atoms with Crippen LogP contribution in [0.25, 0.3) is 0 Å². The van der Waals surface area contributed by atoms with Crippen molar-refractivity contribution in [2.24, 2.45) is 40.4 Å². The highest BCUT2D eigenvalue weighted by atomic mass is 16.3. The van der Waals surface area contributed by atoms with E-state index in [1.807, 2.05) is 0 Å². The van der Waals surface area contributed by atoms with E-state index in [0.29, 0.717) is 40.8 Å². The molecule has 0 heterocycles. The molecule has 0 radical (unpaired) electrons. The molecule has 3 fully saturated rings. The molecule has 3 heteroatoms. The zero-order valence-electron chi connectivity index (χ0n) is 15.8. The van der Waals surface area contributed by atoms with Gasteiger partial charge in [-0.25, -0.2) is 0 Å². The summed E-state index contributed by atoms with van der Waals surface area (Å²) in [5.41, 5.74) is 1.14. The van der Waals surface area contributed by atoms with Gasteiger partial charge in [-0.2, -0.15) is 0 Å². The van der Waals surface area contributed by atoms with Crippen LogP contribution in [-0.2, 0) is 4.79 Å². The molecule has 138 valence electrons. The highest BCUT2D eigenvalue weighted by molar-refractivity contribution is 6.01. The van der Waals surface area contributed by atoms with E-state index in [1.165, 1.54) is 25.3 Å². The molecule has 4 aliphatic carbocycles.